The van der Waals surface area contributed by atoms with Crippen LogP contribution < -0.4 is 4.90 Å². The molecule has 3 nitrogen and oxygen atoms in total. The number of phenolic OH excluding ortho intramolecular Hbond substituents is 1. The predicted octanol–water partition coefficient (Wildman–Crippen LogP) is 4.46. The van der Waals surface area contributed by atoms with Gasteiger partial charge in [0.1, 0.15) is 5.75 Å². The fourth-order valence-electron chi connectivity index (χ4n) is 3.25. The summed E-state index contributed by atoms with van der Waals surface area (Å²) in [7, 11) is -1.11. The fourth-order valence-corrected chi connectivity index (χ4v) is 5.12. The summed E-state index contributed by atoms with van der Waals surface area (Å²) in [5, 5.41) is 9.85. The standard InChI is InChI=1S/C19H23NO2S/c1-3-19(4-2)13-20(15-8-6-5-7-9-15)17-11-10-16(21)12-18(17)23(22)14-19/h5-12,21H,3-4,13-14H2,1-2H3. The van der Waals surface area contributed by atoms with Crippen LogP contribution >= 0.6 is 0 Å². The Hall–Kier alpha value is -1.81. The predicted molar refractivity (Wildman–Crippen MR) is 95.8 cm³/mol. The van der Waals surface area contributed by atoms with Crippen molar-refractivity contribution in [3.63, 3.8) is 0 Å². The Morgan fingerprint density at radius 2 is 1.83 bits per heavy atom. The second-order valence-electron chi connectivity index (χ2n) is 6.27. The van der Waals surface area contributed by atoms with E-state index in [0.717, 1.165) is 35.7 Å². The molecule has 0 bridgehead atoms. The quantitative estimate of drug-likeness (QED) is 0.904. The summed E-state index contributed by atoms with van der Waals surface area (Å²) in [6, 6.07) is 15.4. The molecule has 2 aromatic rings. The van der Waals surface area contributed by atoms with Gasteiger partial charge in [-0.2, -0.15) is 0 Å². The molecule has 0 amide bonds. The molecule has 1 N–H and O–H groups in total. The van der Waals surface area contributed by atoms with E-state index in [1.165, 1.54) is 0 Å². The molecule has 23 heavy (non-hydrogen) atoms. The number of fused-ring (bicyclic) bond motifs is 1. The van der Waals surface area contributed by atoms with Crippen LogP contribution in [0.2, 0.25) is 0 Å². The zero-order chi connectivity index (χ0) is 16.4. The van der Waals surface area contributed by atoms with Crippen molar-refractivity contribution in [3.05, 3.63) is 48.5 Å². The lowest BCUT2D eigenvalue weighted by molar-refractivity contribution is 0.316. The molecule has 3 rings (SSSR count). The van der Waals surface area contributed by atoms with Crippen LogP contribution in [0.4, 0.5) is 11.4 Å². The summed E-state index contributed by atoms with van der Waals surface area (Å²) < 4.78 is 12.9. The van der Waals surface area contributed by atoms with Crippen molar-refractivity contribution in [3.8, 4) is 5.75 Å². The van der Waals surface area contributed by atoms with Gasteiger partial charge in [0, 0.05) is 18.0 Å². The number of hydrogen-bond donors (Lipinski definition) is 1. The lowest BCUT2D eigenvalue weighted by Gasteiger charge is -2.35. The Bertz CT molecular complexity index is 711. The molecule has 0 radical (unpaired) electrons. The summed E-state index contributed by atoms with van der Waals surface area (Å²) in [6.07, 6.45) is 1.97. The first-order chi connectivity index (χ1) is 11.1. The Morgan fingerprint density at radius 1 is 1.13 bits per heavy atom. The van der Waals surface area contributed by atoms with Crippen LogP contribution in [0.15, 0.2) is 53.4 Å². The van der Waals surface area contributed by atoms with Crippen LogP contribution in [0.25, 0.3) is 0 Å². The highest BCUT2D eigenvalue weighted by Crippen LogP contribution is 2.42. The van der Waals surface area contributed by atoms with Crippen molar-refractivity contribution in [1.82, 2.24) is 0 Å². The first kappa shape index (κ1) is 16.1. The van der Waals surface area contributed by atoms with Gasteiger partial charge in [0.25, 0.3) is 0 Å². The highest BCUT2D eigenvalue weighted by atomic mass is 32.2. The molecule has 0 saturated heterocycles. The number of para-hydroxylation sites is 1. The molecule has 4 heteroatoms. The van der Waals surface area contributed by atoms with E-state index in [1.54, 1.807) is 12.1 Å². The van der Waals surface area contributed by atoms with Crippen molar-refractivity contribution < 1.29 is 9.32 Å². The van der Waals surface area contributed by atoms with Gasteiger partial charge in [0.05, 0.1) is 21.4 Å². The number of phenols is 1. The van der Waals surface area contributed by atoms with Crippen molar-refractivity contribution in [2.75, 3.05) is 17.2 Å². The first-order valence-corrected chi connectivity index (χ1v) is 9.44. The van der Waals surface area contributed by atoms with Crippen molar-refractivity contribution in [2.45, 2.75) is 31.6 Å². The molecule has 1 aliphatic rings. The van der Waals surface area contributed by atoms with E-state index in [0.29, 0.717) is 5.75 Å². The van der Waals surface area contributed by atoms with Gasteiger partial charge >= 0.3 is 0 Å². The van der Waals surface area contributed by atoms with Gasteiger partial charge in [-0.05, 0) is 48.6 Å². The zero-order valence-electron chi connectivity index (χ0n) is 13.7. The molecular formula is C19H23NO2S. The van der Waals surface area contributed by atoms with Gasteiger partial charge in [0.2, 0.25) is 0 Å². The summed E-state index contributed by atoms with van der Waals surface area (Å²) in [6.45, 7) is 5.20. The summed E-state index contributed by atoms with van der Waals surface area (Å²) in [5.74, 6) is 0.811. The van der Waals surface area contributed by atoms with E-state index in [-0.39, 0.29) is 11.2 Å². The molecule has 122 valence electrons. The van der Waals surface area contributed by atoms with Crippen LogP contribution in [-0.4, -0.2) is 21.6 Å². The third kappa shape index (κ3) is 3.00. The lowest BCUT2D eigenvalue weighted by Crippen LogP contribution is -2.36. The van der Waals surface area contributed by atoms with Crippen LogP contribution in [0.5, 0.6) is 5.75 Å². The van der Waals surface area contributed by atoms with Crippen molar-refractivity contribution >= 4 is 22.2 Å². The van der Waals surface area contributed by atoms with E-state index in [2.05, 4.69) is 30.9 Å². The van der Waals surface area contributed by atoms with Gasteiger partial charge in [0.15, 0.2) is 0 Å². The Balaban J connectivity index is 2.18. The van der Waals surface area contributed by atoms with E-state index < -0.39 is 10.8 Å². The molecular weight excluding hydrogens is 306 g/mol. The molecule has 1 aliphatic heterocycles. The second kappa shape index (κ2) is 6.36. The molecule has 0 aliphatic carbocycles. The van der Waals surface area contributed by atoms with E-state index in [1.807, 2.05) is 24.3 Å². The van der Waals surface area contributed by atoms with Crippen LogP contribution in [-0.2, 0) is 10.8 Å². The molecule has 0 aromatic heterocycles. The smallest absolute Gasteiger partial charge is 0.116 e. The van der Waals surface area contributed by atoms with E-state index in [9.17, 15) is 9.32 Å². The van der Waals surface area contributed by atoms with Gasteiger partial charge in [-0.15, -0.1) is 0 Å². The first-order valence-electron chi connectivity index (χ1n) is 8.12. The molecule has 1 heterocycles. The molecule has 1 atom stereocenters. The maximum absolute atomic E-state index is 12.9. The minimum absolute atomic E-state index is 0.00927. The molecule has 0 spiro atoms. The van der Waals surface area contributed by atoms with E-state index in [4.69, 9.17) is 0 Å². The van der Waals surface area contributed by atoms with Crippen molar-refractivity contribution in [2.24, 2.45) is 5.41 Å². The average Bonchev–Trinajstić information content (AvgIpc) is 2.71. The van der Waals surface area contributed by atoms with Gasteiger partial charge in [-0.3, -0.25) is 4.21 Å². The SMILES string of the molecule is CCC1(CC)CN(c2ccccc2)c2ccc(O)cc2S(=O)C1. The Labute approximate surface area is 140 Å². The molecule has 2 aromatic carbocycles. The number of anilines is 2. The van der Waals surface area contributed by atoms with E-state index >= 15 is 0 Å². The van der Waals surface area contributed by atoms with Crippen LogP contribution in [0.3, 0.4) is 0 Å². The van der Waals surface area contributed by atoms with Gasteiger partial charge in [-0.1, -0.05) is 32.0 Å². The van der Waals surface area contributed by atoms with Crippen molar-refractivity contribution in [1.29, 1.82) is 0 Å². The van der Waals surface area contributed by atoms with Crippen LogP contribution in [0.1, 0.15) is 26.7 Å². The highest BCUT2D eigenvalue weighted by Gasteiger charge is 2.36. The lowest BCUT2D eigenvalue weighted by atomic mass is 9.83. The number of rotatable bonds is 3. The fraction of sp³-hybridized carbons (Fsp3) is 0.368. The molecule has 0 fully saturated rings. The zero-order valence-corrected chi connectivity index (χ0v) is 14.5. The number of hydrogen-bond acceptors (Lipinski definition) is 3. The third-order valence-corrected chi connectivity index (χ3v) is 6.67. The molecule has 1 unspecified atom stereocenters. The largest absolute Gasteiger partial charge is 0.508 e. The minimum atomic E-state index is -1.11. The second-order valence-corrected chi connectivity index (χ2v) is 7.69. The summed E-state index contributed by atoms with van der Waals surface area (Å²) in [5.41, 5.74) is 2.05. The summed E-state index contributed by atoms with van der Waals surface area (Å²) in [4.78, 5) is 2.99. The normalized spacial score (nSPS) is 19.9. The minimum Gasteiger partial charge on any atom is -0.508 e. The monoisotopic (exact) mass is 329 g/mol. The Kier molecular flexibility index (Phi) is 4.44. The number of benzene rings is 2. The maximum Gasteiger partial charge on any atom is 0.116 e. The topological polar surface area (TPSA) is 40.5 Å². The van der Waals surface area contributed by atoms with Gasteiger partial charge in [-0.25, -0.2) is 0 Å². The summed E-state index contributed by atoms with van der Waals surface area (Å²) >= 11 is 0. The maximum atomic E-state index is 12.9. The average molecular weight is 329 g/mol. The number of nitrogens with zero attached hydrogens (tertiary/aromatic N) is 1. The Morgan fingerprint density at radius 3 is 2.48 bits per heavy atom. The van der Waals surface area contributed by atoms with Crippen LogP contribution in [0, 0.1) is 5.41 Å². The highest BCUT2D eigenvalue weighted by molar-refractivity contribution is 7.85. The number of aromatic hydroxyl groups is 1. The molecule has 0 saturated carbocycles. The van der Waals surface area contributed by atoms with Gasteiger partial charge < -0.3 is 10.0 Å². The third-order valence-electron chi connectivity index (χ3n) is 4.98.